The van der Waals surface area contributed by atoms with E-state index in [-0.39, 0.29) is 23.6 Å². The van der Waals surface area contributed by atoms with Gasteiger partial charge in [0.05, 0.1) is 6.20 Å². The van der Waals surface area contributed by atoms with Crippen molar-refractivity contribution in [2.45, 2.75) is 18.8 Å². The number of thiazole rings is 1. The van der Waals surface area contributed by atoms with Gasteiger partial charge in [-0.05, 0) is 35.6 Å². The van der Waals surface area contributed by atoms with Gasteiger partial charge in [-0.15, -0.1) is 11.3 Å². The van der Waals surface area contributed by atoms with Gasteiger partial charge in [-0.25, -0.2) is 9.37 Å². The van der Waals surface area contributed by atoms with Crippen molar-refractivity contribution in [1.82, 2.24) is 14.8 Å². The number of anilines is 1. The number of hydrogen-bond donors (Lipinski definition) is 1. The van der Waals surface area contributed by atoms with Gasteiger partial charge in [-0.1, -0.05) is 12.1 Å². The second-order valence-electron chi connectivity index (χ2n) is 6.32. The molecule has 25 heavy (non-hydrogen) atoms. The van der Waals surface area contributed by atoms with E-state index in [1.54, 1.807) is 16.9 Å². The predicted molar refractivity (Wildman–Crippen MR) is 94.0 cm³/mol. The van der Waals surface area contributed by atoms with Crippen LogP contribution in [0.3, 0.4) is 0 Å². The molecule has 0 saturated heterocycles. The Morgan fingerprint density at radius 1 is 1.44 bits per heavy atom. The van der Waals surface area contributed by atoms with E-state index < -0.39 is 0 Å². The summed E-state index contributed by atoms with van der Waals surface area (Å²) in [6, 6.07) is 6.51. The highest BCUT2D eigenvalue weighted by Crippen LogP contribution is 2.47. The van der Waals surface area contributed by atoms with Crippen molar-refractivity contribution in [2.75, 3.05) is 5.32 Å². The highest BCUT2D eigenvalue weighted by Gasteiger charge is 2.44. The third kappa shape index (κ3) is 3.61. The molecular formula is C18H17FN4OS. The first-order valence-corrected chi connectivity index (χ1v) is 8.88. The Balaban J connectivity index is 1.36. The molecular weight excluding hydrogens is 339 g/mol. The van der Waals surface area contributed by atoms with Gasteiger partial charge >= 0.3 is 0 Å². The fourth-order valence-corrected chi connectivity index (χ4v) is 3.83. The number of amides is 1. The molecule has 1 N–H and O–H groups in total. The van der Waals surface area contributed by atoms with Crippen LogP contribution < -0.4 is 5.32 Å². The highest BCUT2D eigenvalue weighted by molar-refractivity contribution is 7.15. The number of carbonyl (C=O) groups excluding carboxylic acids is 1. The van der Waals surface area contributed by atoms with E-state index in [9.17, 15) is 9.18 Å². The van der Waals surface area contributed by atoms with Crippen LogP contribution in [-0.2, 0) is 18.3 Å². The van der Waals surface area contributed by atoms with Gasteiger partial charge in [0.15, 0.2) is 5.13 Å². The van der Waals surface area contributed by atoms with Gasteiger partial charge in [-0.2, -0.15) is 5.10 Å². The zero-order valence-corrected chi connectivity index (χ0v) is 14.5. The van der Waals surface area contributed by atoms with Crippen molar-refractivity contribution in [3.8, 4) is 0 Å². The summed E-state index contributed by atoms with van der Waals surface area (Å²) in [4.78, 5) is 17.6. The molecule has 0 radical (unpaired) electrons. The summed E-state index contributed by atoms with van der Waals surface area (Å²) in [5.41, 5.74) is 1.99. The molecule has 2 atom stereocenters. The van der Waals surface area contributed by atoms with Crippen molar-refractivity contribution in [3.63, 3.8) is 0 Å². The molecule has 7 heteroatoms. The number of halogens is 1. The Hall–Kier alpha value is -2.54. The molecule has 4 rings (SSSR count). The minimum Gasteiger partial charge on any atom is -0.302 e. The molecule has 0 bridgehead atoms. The van der Waals surface area contributed by atoms with Crippen molar-refractivity contribution in [3.05, 3.63) is 64.7 Å². The lowest BCUT2D eigenvalue weighted by Crippen LogP contribution is -2.14. The molecule has 1 aliphatic carbocycles. The number of hydrogen-bond acceptors (Lipinski definition) is 4. The average Bonchev–Trinajstić information content (AvgIpc) is 3.08. The predicted octanol–water partition coefficient (Wildman–Crippen LogP) is 3.35. The molecule has 1 aliphatic rings. The maximum Gasteiger partial charge on any atom is 0.229 e. The number of carbonyl (C=O) groups is 1. The van der Waals surface area contributed by atoms with Crippen LogP contribution in [0, 0.1) is 11.7 Å². The first-order chi connectivity index (χ1) is 12.1. The highest BCUT2D eigenvalue weighted by atomic mass is 32.1. The quantitative estimate of drug-likeness (QED) is 0.763. The number of aryl methyl sites for hydroxylation is 1. The molecule has 5 nitrogen and oxygen atoms in total. The minimum absolute atomic E-state index is 0.000471. The third-order valence-electron chi connectivity index (χ3n) is 4.33. The van der Waals surface area contributed by atoms with E-state index in [1.807, 2.05) is 25.5 Å². The van der Waals surface area contributed by atoms with Crippen molar-refractivity contribution >= 4 is 22.4 Å². The lowest BCUT2D eigenvalue weighted by Gasteiger charge is -2.00. The smallest absolute Gasteiger partial charge is 0.229 e. The topological polar surface area (TPSA) is 59.8 Å². The minimum atomic E-state index is -0.245. The number of nitrogens with one attached hydrogen (secondary N) is 1. The summed E-state index contributed by atoms with van der Waals surface area (Å²) in [6.45, 7) is 0. The first kappa shape index (κ1) is 16.0. The lowest BCUT2D eigenvalue weighted by molar-refractivity contribution is -0.117. The van der Waals surface area contributed by atoms with Gasteiger partial charge in [0, 0.05) is 36.7 Å². The molecule has 2 unspecified atom stereocenters. The Morgan fingerprint density at radius 2 is 2.32 bits per heavy atom. The van der Waals surface area contributed by atoms with Crippen LogP contribution in [0.2, 0.25) is 0 Å². The van der Waals surface area contributed by atoms with Gasteiger partial charge in [0.2, 0.25) is 5.91 Å². The van der Waals surface area contributed by atoms with Crippen LogP contribution >= 0.6 is 11.3 Å². The fourth-order valence-electron chi connectivity index (χ4n) is 2.98. The maximum atomic E-state index is 13.2. The van der Waals surface area contributed by atoms with Crippen LogP contribution in [-0.4, -0.2) is 20.7 Å². The van der Waals surface area contributed by atoms with Crippen LogP contribution in [0.4, 0.5) is 9.52 Å². The van der Waals surface area contributed by atoms with Crippen molar-refractivity contribution in [2.24, 2.45) is 13.0 Å². The van der Waals surface area contributed by atoms with E-state index in [0.29, 0.717) is 11.6 Å². The molecule has 1 aromatic carbocycles. The normalized spacial score (nSPS) is 19.0. The number of aromatic nitrogens is 3. The average molecular weight is 356 g/mol. The Labute approximate surface area is 148 Å². The molecule has 3 aromatic rings. The molecule has 1 amide bonds. The standard InChI is InChI=1S/C18H17FN4OS/c1-23-10-12(8-21-23)15-7-16(15)17(24)22-18-20-9-14(25-18)6-11-3-2-4-13(19)5-11/h2-5,8-10,15-16H,6-7H2,1H3,(H,20,22,24). The molecule has 2 aromatic heterocycles. The summed E-state index contributed by atoms with van der Waals surface area (Å²) < 4.78 is 15.0. The second kappa shape index (κ2) is 6.40. The number of benzene rings is 1. The van der Waals surface area contributed by atoms with Gasteiger partial charge in [0.1, 0.15) is 5.82 Å². The van der Waals surface area contributed by atoms with Gasteiger partial charge in [0.25, 0.3) is 0 Å². The molecule has 2 heterocycles. The zero-order chi connectivity index (χ0) is 17.4. The number of rotatable bonds is 5. The van der Waals surface area contributed by atoms with Crippen molar-refractivity contribution < 1.29 is 9.18 Å². The Bertz CT molecular complexity index is 919. The molecule has 128 valence electrons. The van der Waals surface area contributed by atoms with Gasteiger partial charge < -0.3 is 5.32 Å². The van der Waals surface area contributed by atoms with Gasteiger partial charge in [-0.3, -0.25) is 9.48 Å². The first-order valence-electron chi connectivity index (χ1n) is 8.07. The largest absolute Gasteiger partial charge is 0.302 e. The molecule has 1 saturated carbocycles. The summed E-state index contributed by atoms with van der Waals surface area (Å²) >= 11 is 1.43. The molecule has 1 fully saturated rings. The van der Waals surface area contributed by atoms with Crippen LogP contribution in [0.25, 0.3) is 0 Å². The molecule has 0 aliphatic heterocycles. The van der Waals surface area contributed by atoms with E-state index >= 15 is 0 Å². The SMILES string of the molecule is Cn1cc(C2CC2C(=O)Nc2ncc(Cc3cccc(F)c3)s2)cn1. The summed E-state index contributed by atoms with van der Waals surface area (Å²) in [5, 5.41) is 7.64. The van der Waals surface area contributed by atoms with E-state index in [1.165, 1.54) is 23.5 Å². The summed E-state index contributed by atoms with van der Waals surface area (Å²) in [6.07, 6.45) is 6.96. The fraction of sp³-hybridized carbons (Fsp3) is 0.278. The van der Waals surface area contributed by atoms with E-state index in [2.05, 4.69) is 15.4 Å². The Kier molecular flexibility index (Phi) is 4.09. The maximum absolute atomic E-state index is 13.2. The van der Waals surface area contributed by atoms with Crippen LogP contribution in [0.15, 0.2) is 42.9 Å². The van der Waals surface area contributed by atoms with E-state index in [4.69, 9.17) is 0 Å². The van der Waals surface area contributed by atoms with Crippen LogP contribution in [0.5, 0.6) is 0 Å². The van der Waals surface area contributed by atoms with E-state index in [0.717, 1.165) is 22.4 Å². The van der Waals surface area contributed by atoms with Crippen molar-refractivity contribution in [1.29, 1.82) is 0 Å². The lowest BCUT2D eigenvalue weighted by atomic mass is 10.1. The Morgan fingerprint density at radius 3 is 3.08 bits per heavy atom. The summed E-state index contributed by atoms with van der Waals surface area (Å²) in [5.74, 6) is -0.00794. The third-order valence-corrected chi connectivity index (χ3v) is 5.24. The summed E-state index contributed by atoms with van der Waals surface area (Å²) in [7, 11) is 1.87. The molecule has 0 spiro atoms. The monoisotopic (exact) mass is 356 g/mol. The number of nitrogens with zero attached hydrogens (tertiary/aromatic N) is 3. The zero-order valence-electron chi connectivity index (χ0n) is 13.6. The van der Waals surface area contributed by atoms with Crippen LogP contribution in [0.1, 0.15) is 28.3 Å². The second-order valence-corrected chi connectivity index (χ2v) is 7.44.